The molecule has 0 spiro atoms. The summed E-state index contributed by atoms with van der Waals surface area (Å²) in [6.07, 6.45) is 0.826. The van der Waals surface area contributed by atoms with Crippen molar-refractivity contribution >= 4 is 28.1 Å². The molecule has 3 N–H and O–H groups in total. The summed E-state index contributed by atoms with van der Waals surface area (Å²) in [6.45, 7) is 3.77. The Kier molecular flexibility index (Phi) is 5.95. The molecular formula is C13H19FN2O2S. The van der Waals surface area contributed by atoms with Crippen LogP contribution in [0.2, 0.25) is 0 Å². The van der Waals surface area contributed by atoms with Crippen LogP contribution in [0.4, 0.5) is 15.8 Å². The van der Waals surface area contributed by atoms with Crippen LogP contribution in [0.5, 0.6) is 0 Å². The van der Waals surface area contributed by atoms with Crippen molar-refractivity contribution in [3.05, 3.63) is 24.0 Å². The Balaban J connectivity index is 2.41. The Labute approximate surface area is 115 Å². The zero-order valence-electron chi connectivity index (χ0n) is 11.1. The Hall–Kier alpha value is -1.43. The maximum Gasteiger partial charge on any atom is 0.224 e. The molecule has 0 saturated heterocycles. The fourth-order valence-corrected chi connectivity index (χ4v) is 2.37. The molecule has 0 heterocycles. The molecule has 0 radical (unpaired) electrons. The van der Waals surface area contributed by atoms with Gasteiger partial charge in [0, 0.05) is 28.2 Å². The van der Waals surface area contributed by atoms with Crippen LogP contribution in [-0.4, -0.2) is 21.1 Å². The van der Waals surface area contributed by atoms with Crippen molar-refractivity contribution < 1.29 is 13.4 Å². The fraction of sp³-hybridized carbons (Fsp3) is 0.462. The van der Waals surface area contributed by atoms with Crippen LogP contribution in [0.1, 0.15) is 26.7 Å². The zero-order valence-corrected chi connectivity index (χ0v) is 11.9. The minimum atomic E-state index is -0.896. The topological polar surface area (TPSA) is 72.2 Å². The first kappa shape index (κ1) is 15.6. The SMILES string of the molecule is CC(C)S(=O)CCCC(=O)Nc1ccc(F)cc1N. The van der Waals surface area contributed by atoms with Gasteiger partial charge in [-0.25, -0.2) is 4.39 Å². The van der Waals surface area contributed by atoms with Gasteiger partial charge in [0.05, 0.1) is 11.4 Å². The Morgan fingerprint density at radius 2 is 2.16 bits per heavy atom. The standard InChI is InChI=1S/C13H19FN2O2S/c1-9(2)19(18)7-3-4-13(17)16-12-6-5-10(14)8-11(12)15/h5-6,8-9H,3-4,7,15H2,1-2H3,(H,16,17). The highest BCUT2D eigenvalue weighted by Crippen LogP contribution is 2.19. The molecule has 0 fully saturated rings. The summed E-state index contributed by atoms with van der Waals surface area (Å²) < 4.78 is 24.3. The smallest absolute Gasteiger partial charge is 0.224 e. The van der Waals surface area contributed by atoms with Gasteiger partial charge in [0.15, 0.2) is 0 Å². The van der Waals surface area contributed by atoms with Gasteiger partial charge in [-0.1, -0.05) is 13.8 Å². The minimum absolute atomic E-state index is 0.107. The third-order valence-electron chi connectivity index (χ3n) is 2.56. The summed E-state index contributed by atoms with van der Waals surface area (Å²) in [5, 5.41) is 2.72. The van der Waals surface area contributed by atoms with Crippen molar-refractivity contribution in [1.82, 2.24) is 0 Å². The number of amides is 1. The van der Waals surface area contributed by atoms with Gasteiger partial charge in [-0.05, 0) is 24.6 Å². The molecule has 0 saturated carbocycles. The predicted octanol–water partition coefficient (Wildman–Crippen LogP) is 2.28. The summed E-state index contributed by atoms with van der Waals surface area (Å²) in [7, 11) is -0.896. The molecule has 0 aliphatic heterocycles. The van der Waals surface area contributed by atoms with Gasteiger partial charge >= 0.3 is 0 Å². The number of carbonyl (C=O) groups excluding carboxylic acids is 1. The molecule has 4 nitrogen and oxygen atoms in total. The first-order chi connectivity index (χ1) is 8.90. The van der Waals surface area contributed by atoms with E-state index in [0.29, 0.717) is 17.9 Å². The number of rotatable bonds is 6. The normalized spacial score (nSPS) is 12.4. The minimum Gasteiger partial charge on any atom is -0.397 e. The van der Waals surface area contributed by atoms with Crippen LogP contribution >= 0.6 is 0 Å². The summed E-state index contributed by atoms with van der Waals surface area (Å²) in [6, 6.07) is 3.82. The second-order valence-electron chi connectivity index (χ2n) is 4.52. The first-order valence-corrected chi connectivity index (χ1v) is 7.50. The largest absolute Gasteiger partial charge is 0.397 e. The highest BCUT2D eigenvalue weighted by Gasteiger charge is 2.09. The number of nitrogens with two attached hydrogens (primary N) is 1. The Morgan fingerprint density at radius 1 is 1.47 bits per heavy atom. The summed E-state index contributed by atoms with van der Waals surface area (Å²) >= 11 is 0. The second-order valence-corrected chi connectivity index (χ2v) is 6.63. The predicted molar refractivity (Wildman–Crippen MR) is 76.8 cm³/mol. The molecule has 0 aliphatic carbocycles. The molecule has 6 heteroatoms. The first-order valence-electron chi connectivity index (χ1n) is 6.12. The number of carbonyl (C=O) groups is 1. The molecule has 1 aromatic carbocycles. The van der Waals surface area contributed by atoms with E-state index >= 15 is 0 Å². The molecule has 0 bridgehead atoms. The lowest BCUT2D eigenvalue weighted by atomic mass is 10.2. The lowest BCUT2D eigenvalue weighted by molar-refractivity contribution is -0.116. The van der Waals surface area contributed by atoms with E-state index in [1.165, 1.54) is 12.1 Å². The van der Waals surface area contributed by atoms with Crippen molar-refractivity contribution in [2.45, 2.75) is 31.9 Å². The zero-order chi connectivity index (χ0) is 14.4. The number of benzene rings is 1. The number of nitrogen functional groups attached to an aromatic ring is 1. The average molecular weight is 286 g/mol. The van der Waals surface area contributed by atoms with Crippen LogP contribution in [0, 0.1) is 5.82 Å². The van der Waals surface area contributed by atoms with Crippen molar-refractivity contribution in [3.8, 4) is 0 Å². The van der Waals surface area contributed by atoms with Crippen LogP contribution in [-0.2, 0) is 15.6 Å². The Bertz CT molecular complexity index is 478. The van der Waals surface area contributed by atoms with Gasteiger partial charge in [-0.2, -0.15) is 0 Å². The molecule has 0 aromatic heterocycles. The van der Waals surface area contributed by atoms with Crippen molar-refractivity contribution in [2.75, 3.05) is 16.8 Å². The molecule has 1 rings (SSSR count). The highest BCUT2D eigenvalue weighted by molar-refractivity contribution is 7.85. The summed E-state index contributed by atoms with van der Waals surface area (Å²) in [4.78, 5) is 11.6. The van der Waals surface area contributed by atoms with E-state index < -0.39 is 16.6 Å². The molecule has 1 atom stereocenters. The van der Waals surface area contributed by atoms with Gasteiger partial charge in [0.1, 0.15) is 5.82 Å². The quantitative estimate of drug-likeness (QED) is 0.788. The number of hydrogen-bond donors (Lipinski definition) is 2. The van der Waals surface area contributed by atoms with E-state index in [1.807, 2.05) is 13.8 Å². The molecule has 1 unspecified atom stereocenters. The van der Waals surface area contributed by atoms with Gasteiger partial charge in [-0.3, -0.25) is 9.00 Å². The number of halogens is 1. The second kappa shape index (κ2) is 7.23. The third-order valence-corrected chi connectivity index (χ3v) is 4.31. The maximum atomic E-state index is 12.8. The monoisotopic (exact) mass is 286 g/mol. The van der Waals surface area contributed by atoms with Crippen LogP contribution in [0.3, 0.4) is 0 Å². The molecule has 1 amide bonds. The van der Waals surface area contributed by atoms with Crippen LogP contribution < -0.4 is 11.1 Å². The van der Waals surface area contributed by atoms with Gasteiger partial charge in [0.2, 0.25) is 5.91 Å². The number of hydrogen-bond acceptors (Lipinski definition) is 3. The van der Waals surface area contributed by atoms with E-state index in [1.54, 1.807) is 0 Å². The fourth-order valence-electron chi connectivity index (χ4n) is 1.47. The summed E-state index contributed by atoms with van der Waals surface area (Å²) in [5.41, 5.74) is 6.18. The van der Waals surface area contributed by atoms with E-state index in [4.69, 9.17) is 5.73 Å². The average Bonchev–Trinajstić information content (AvgIpc) is 2.32. The van der Waals surface area contributed by atoms with E-state index in [-0.39, 0.29) is 23.3 Å². The van der Waals surface area contributed by atoms with E-state index in [2.05, 4.69) is 5.32 Å². The van der Waals surface area contributed by atoms with Crippen molar-refractivity contribution in [1.29, 1.82) is 0 Å². The van der Waals surface area contributed by atoms with E-state index in [0.717, 1.165) is 6.07 Å². The van der Waals surface area contributed by atoms with Crippen molar-refractivity contribution in [3.63, 3.8) is 0 Å². The van der Waals surface area contributed by atoms with Crippen LogP contribution in [0.15, 0.2) is 18.2 Å². The summed E-state index contributed by atoms with van der Waals surface area (Å²) in [5.74, 6) is -0.147. The molecule has 1 aromatic rings. The van der Waals surface area contributed by atoms with Gasteiger partial charge in [0.25, 0.3) is 0 Å². The van der Waals surface area contributed by atoms with Crippen LogP contribution in [0.25, 0.3) is 0 Å². The lowest BCUT2D eigenvalue weighted by Crippen LogP contribution is -2.15. The molecule has 19 heavy (non-hydrogen) atoms. The molecule has 106 valence electrons. The van der Waals surface area contributed by atoms with Crippen molar-refractivity contribution in [2.24, 2.45) is 0 Å². The van der Waals surface area contributed by atoms with Gasteiger partial charge in [-0.15, -0.1) is 0 Å². The number of anilines is 2. The lowest BCUT2D eigenvalue weighted by Gasteiger charge is -2.08. The Morgan fingerprint density at radius 3 is 2.74 bits per heavy atom. The maximum absolute atomic E-state index is 12.8. The third kappa shape index (κ3) is 5.38. The van der Waals surface area contributed by atoms with Gasteiger partial charge < -0.3 is 11.1 Å². The number of nitrogens with one attached hydrogen (secondary N) is 1. The highest BCUT2D eigenvalue weighted by atomic mass is 32.2. The van der Waals surface area contributed by atoms with E-state index in [9.17, 15) is 13.4 Å². The molecule has 0 aliphatic rings. The molecular weight excluding hydrogens is 267 g/mol.